The van der Waals surface area contributed by atoms with Crippen LogP contribution in [0.3, 0.4) is 0 Å². The Labute approximate surface area is 150 Å². The van der Waals surface area contributed by atoms with Crippen LogP contribution in [0, 0.1) is 0 Å². The molecule has 0 aromatic rings. The Hall–Kier alpha value is 1.56. The van der Waals surface area contributed by atoms with Gasteiger partial charge in [0.2, 0.25) is 0 Å². The van der Waals surface area contributed by atoms with E-state index in [-0.39, 0.29) is 58.0 Å². The summed E-state index contributed by atoms with van der Waals surface area (Å²) in [7, 11) is 0. The molecular formula is C14H30KO2. The maximum absolute atomic E-state index is 9.13. The topological polar surface area (TPSA) is 40.5 Å². The zero-order valence-electron chi connectivity index (χ0n) is 12.0. The fourth-order valence-electron chi connectivity index (χ4n) is 1.96. The summed E-state index contributed by atoms with van der Waals surface area (Å²) in [5.74, 6) is 0. The minimum Gasteiger partial charge on any atom is -0.394 e. The van der Waals surface area contributed by atoms with E-state index in [9.17, 15) is 0 Å². The minimum absolute atomic E-state index is 0. The molecule has 0 heterocycles. The molecule has 0 rings (SSSR count). The van der Waals surface area contributed by atoms with E-state index in [1.54, 1.807) is 0 Å². The molecule has 0 fully saturated rings. The van der Waals surface area contributed by atoms with Gasteiger partial charge in [-0.05, 0) is 6.42 Å². The van der Waals surface area contributed by atoms with Crippen LogP contribution in [0.2, 0.25) is 0 Å². The molecule has 0 amide bonds. The first kappa shape index (κ1) is 20.9. The van der Waals surface area contributed by atoms with Gasteiger partial charge in [-0.15, -0.1) is 0 Å². The minimum atomic E-state index is -0.492. The van der Waals surface area contributed by atoms with Crippen molar-refractivity contribution in [2.24, 2.45) is 0 Å². The van der Waals surface area contributed by atoms with E-state index >= 15 is 0 Å². The van der Waals surface area contributed by atoms with Crippen molar-refractivity contribution in [3.05, 3.63) is 0 Å². The van der Waals surface area contributed by atoms with Crippen molar-refractivity contribution < 1.29 is 10.2 Å². The van der Waals surface area contributed by atoms with Gasteiger partial charge in [0.1, 0.15) is 0 Å². The van der Waals surface area contributed by atoms with Crippen molar-refractivity contribution in [1.82, 2.24) is 0 Å². The van der Waals surface area contributed by atoms with Crippen molar-refractivity contribution in [1.29, 1.82) is 0 Å². The first-order chi connectivity index (χ1) is 7.81. The Balaban J connectivity index is 0. The van der Waals surface area contributed by atoms with E-state index in [4.69, 9.17) is 10.2 Å². The van der Waals surface area contributed by atoms with Crippen LogP contribution in [-0.2, 0) is 0 Å². The second kappa shape index (κ2) is 17.6. The molecule has 99 valence electrons. The van der Waals surface area contributed by atoms with Crippen LogP contribution < -0.4 is 0 Å². The van der Waals surface area contributed by atoms with Crippen molar-refractivity contribution in [2.75, 3.05) is 6.61 Å². The van der Waals surface area contributed by atoms with Crippen LogP contribution >= 0.6 is 0 Å². The summed E-state index contributed by atoms with van der Waals surface area (Å²) in [5.41, 5.74) is 0. The third kappa shape index (κ3) is 17.6. The van der Waals surface area contributed by atoms with Crippen LogP contribution in [0.5, 0.6) is 0 Å². The monoisotopic (exact) mass is 269 g/mol. The van der Waals surface area contributed by atoms with Crippen molar-refractivity contribution in [2.45, 2.75) is 83.7 Å². The molecule has 17 heavy (non-hydrogen) atoms. The SMILES string of the molecule is CCCCCCCCCCCCC(O)CO.[K]. The third-order valence-electron chi connectivity index (χ3n) is 3.10. The molecule has 0 bridgehead atoms. The van der Waals surface area contributed by atoms with E-state index < -0.39 is 6.10 Å². The number of unbranched alkanes of at least 4 members (excludes halogenated alkanes) is 9. The third-order valence-corrected chi connectivity index (χ3v) is 3.10. The maximum Gasteiger partial charge on any atom is 0.0770 e. The molecule has 0 saturated carbocycles. The van der Waals surface area contributed by atoms with Gasteiger partial charge in [-0.2, -0.15) is 0 Å². The van der Waals surface area contributed by atoms with Gasteiger partial charge in [0, 0.05) is 51.4 Å². The van der Waals surface area contributed by atoms with Crippen molar-refractivity contribution in [3.8, 4) is 0 Å². The standard InChI is InChI=1S/C14H30O2.K/c1-2-3-4-5-6-7-8-9-10-11-12-14(16)13-15;/h14-16H,2-13H2,1H3;. The second-order valence-corrected chi connectivity index (χ2v) is 4.81. The number of hydrogen-bond donors (Lipinski definition) is 2. The summed E-state index contributed by atoms with van der Waals surface area (Å²) in [6, 6.07) is 0. The number of aliphatic hydroxyl groups is 2. The molecule has 3 heteroatoms. The van der Waals surface area contributed by atoms with E-state index in [0.717, 1.165) is 12.8 Å². The average Bonchev–Trinajstić information content (AvgIpc) is 2.31. The summed E-state index contributed by atoms with van der Waals surface area (Å²) in [4.78, 5) is 0. The smallest absolute Gasteiger partial charge is 0.0770 e. The van der Waals surface area contributed by atoms with E-state index in [1.807, 2.05) is 0 Å². The molecule has 1 atom stereocenters. The van der Waals surface area contributed by atoms with Crippen LogP contribution in [0.25, 0.3) is 0 Å². The molecule has 0 aliphatic heterocycles. The van der Waals surface area contributed by atoms with Gasteiger partial charge in [-0.1, -0.05) is 71.1 Å². The Morgan fingerprint density at radius 2 is 1.18 bits per heavy atom. The normalized spacial score (nSPS) is 12.2. The molecule has 0 aromatic carbocycles. The van der Waals surface area contributed by atoms with Crippen molar-refractivity contribution in [3.63, 3.8) is 0 Å². The zero-order chi connectivity index (χ0) is 12.1. The fraction of sp³-hybridized carbons (Fsp3) is 1.00. The first-order valence-electron chi connectivity index (χ1n) is 7.10. The van der Waals surface area contributed by atoms with Gasteiger partial charge in [0.25, 0.3) is 0 Å². The summed E-state index contributed by atoms with van der Waals surface area (Å²) in [5, 5.41) is 17.8. The maximum atomic E-state index is 9.13. The molecule has 0 aromatic heterocycles. The van der Waals surface area contributed by atoms with Crippen LogP contribution in [0.15, 0.2) is 0 Å². The molecule has 0 aliphatic rings. The van der Waals surface area contributed by atoms with Crippen molar-refractivity contribution >= 4 is 51.4 Å². The van der Waals surface area contributed by atoms with Crippen LogP contribution in [-0.4, -0.2) is 74.3 Å². The molecule has 0 saturated heterocycles. The Bertz CT molecular complexity index is 131. The van der Waals surface area contributed by atoms with Gasteiger partial charge in [-0.25, -0.2) is 0 Å². The number of hydrogen-bond acceptors (Lipinski definition) is 2. The largest absolute Gasteiger partial charge is 0.394 e. The zero-order valence-corrected chi connectivity index (χ0v) is 15.1. The summed E-state index contributed by atoms with van der Waals surface area (Å²) in [6.07, 6.45) is 13.4. The number of aliphatic hydroxyl groups excluding tert-OH is 2. The Morgan fingerprint density at radius 3 is 1.59 bits per heavy atom. The van der Waals surface area contributed by atoms with E-state index in [1.165, 1.54) is 57.8 Å². The summed E-state index contributed by atoms with van der Waals surface area (Å²) in [6.45, 7) is 2.16. The molecular weight excluding hydrogens is 239 g/mol. The van der Waals surface area contributed by atoms with Gasteiger partial charge < -0.3 is 10.2 Å². The molecule has 1 radical (unpaired) electrons. The molecule has 1 unspecified atom stereocenters. The average molecular weight is 269 g/mol. The molecule has 2 nitrogen and oxygen atoms in total. The molecule has 0 spiro atoms. The molecule has 2 N–H and O–H groups in total. The summed E-state index contributed by atoms with van der Waals surface area (Å²) >= 11 is 0. The van der Waals surface area contributed by atoms with Crippen LogP contribution in [0.1, 0.15) is 77.6 Å². The number of rotatable bonds is 12. The fourth-order valence-corrected chi connectivity index (χ4v) is 1.96. The Morgan fingerprint density at radius 1 is 0.765 bits per heavy atom. The molecule has 0 aliphatic carbocycles. The Kier molecular flexibility index (Phi) is 21.5. The predicted molar refractivity (Wildman–Crippen MR) is 75.3 cm³/mol. The second-order valence-electron chi connectivity index (χ2n) is 4.81. The quantitative estimate of drug-likeness (QED) is 0.422. The van der Waals surface area contributed by atoms with E-state index in [2.05, 4.69) is 6.92 Å². The van der Waals surface area contributed by atoms with E-state index in [0.29, 0.717) is 0 Å². The van der Waals surface area contributed by atoms with Gasteiger partial charge in [0.05, 0.1) is 12.7 Å². The first-order valence-corrected chi connectivity index (χ1v) is 7.10. The van der Waals surface area contributed by atoms with Gasteiger partial charge in [-0.3, -0.25) is 0 Å². The predicted octanol–water partition coefficient (Wildman–Crippen LogP) is 3.27. The van der Waals surface area contributed by atoms with Gasteiger partial charge in [0.15, 0.2) is 0 Å². The van der Waals surface area contributed by atoms with Gasteiger partial charge >= 0.3 is 0 Å². The summed E-state index contributed by atoms with van der Waals surface area (Å²) < 4.78 is 0. The van der Waals surface area contributed by atoms with Crippen LogP contribution in [0.4, 0.5) is 0 Å².